The standard InChI is InChI=1S/C15H15ClN2OS/c1-2-3-8-18-12(9-16)17-13-14(18)10-6-4-5-7-11(10)20-15(13)19/h4-7H,2-3,8-9H2,1H3. The Balaban J connectivity index is 2.41. The van der Waals surface area contributed by atoms with Crippen LogP contribution in [0, 0.1) is 0 Å². The highest BCUT2D eigenvalue weighted by molar-refractivity contribution is 7.16. The highest BCUT2D eigenvalue weighted by Crippen LogP contribution is 2.27. The molecule has 0 saturated heterocycles. The van der Waals surface area contributed by atoms with Gasteiger partial charge in [-0.15, -0.1) is 11.6 Å². The molecule has 0 spiro atoms. The largest absolute Gasteiger partial charge is 0.326 e. The maximum absolute atomic E-state index is 12.2. The van der Waals surface area contributed by atoms with Crippen LogP contribution in [0.1, 0.15) is 25.6 Å². The van der Waals surface area contributed by atoms with Crippen LogP contribution in [-0.2, 0) is 12.4 Å². The molecule has 0 amide bonds. The van der Waals surface area contributed by atoms with Crippen LogP contribution in [-0.4, -0.2) is 9.55 Å². The third-order valence-electron chi connectivity index (χ3n) is 3.44. The van der Waals surface area contributed by atoms with Crippen LogP contribution in [0.4, 0.5) is 0 Å². The van der Waals surface area contributed by atoms with Gasteiger partial charge in [-0.3, -0.25) is 4.79 Å². The maximum Gasteiger partial charge on any atom is 0.260 e. The zero-order valence-corrected chi connectivity index (χ0v) is 12.8. The molecule has 3 nitrogen and oxygen atoms in total. The van der Waals surface area contributed by atoms with Crippen molar-refractivity contribution in [2.45, 2.75) is 32.2 Å². The Kier molecular flexibility index (Phi) is 3.76. The van der Waals surface area contributed by atoms with Crippen LogP contribution in [0.3, 0.4) is 0 Å². The van der Waals surface area contributed by atoms with Crippen LogP contribution in [0.5, 0.6) is 0 Å². The second kappa shape index (κ2) is 5.54. The Morgan fingerprint density at radius 2 is 2.15 bits per heavy atom. The van der Waals surface area contributed by atoms with Crippen molar-refractivity contribution in [1.82, 2.24) is 9.55 Å². The van der Waals surface area contributed by atoms with Crippen molar-refractivity contribution in [2.75, 3.05) is 0 Å². The number of fused-ring (bicyclic) bond motifs is 3. The summed E-state index contributed by atoms with van der Waals surface area (Å²) in [5, 5.41) is 1.09. The minimum Gasteiger partial charge on any atom is -0.326 e. The van der Waals surface area contributed by atoms with Gasteiger partial charge in [0.25, 0.3) is 4.74 Å². The number of alkyl halides is 1. The number of hydrogen-bond donors (Lipinski definition) is 0. The van der Waals surface area contributed by atoms with E-state index < -0.39 is 0 Å². The molecule has 0 aliphatic heterocycles. The van der Waals surface area contributed by atoms with Gasteiger partial charge < -0.3 is 4.57 Å². The highest BCUT2D eigenvalue weighted by atomic mass is 35.5. The number of aromatic nitrogens is 2. The van der Waals surface area contributed by atoms with Gasteiger partial charge in [-0.1, -0.05) is 42.9 Å². The molecule has 20 heavy (non-hydrogen) atoms. The number of rotatable bonds is 4. The van der Waals surface area contributed by atoms with Gasteiger partial charge in [0.2, 0.25) is 0 Å². The van der Waals surface area contributed by atoms with E-state index in [0.29, 0.717) is 11.4 Å². The summed E-state index contributed by atoms with van der Waals surface area (Å²) in [6.07, 6.45) is 2.15. The Morgan fingerprint density at radius 1 is 1.35 bits per heavy atom. The number of benzene rings is 1. The molecule has 2 heterocycles. The lowest BCUT2D eigenvalue weighted by Gasteiger charge is -2.08. The van der Waals surface area contributed by atoms with Gasteiger partial charge in [-0.05, 0) is 12.5 Å². The second-order valence-electron chi connectivity index (χ2n) is 4.75. The van der Waals surface area contributed by atoms with Gasteiger partial charge in [-0.25, -0.2) is 4.98 Å². The average Bonchev–Trinajstić information content (AvgIpc) is 2.84. The number of unbranched alkanes of at least 4 members (excludes halogenated alkanes) is 1. The van der Waals surface area contributed by atoms with Crippen LogP contribution in [0.15, 0.2) is 29.1 Å². The van der Waals surface area contributed by atoms with Gasteiger partial charge in [0, 0.05) is 16.6 Å². The first kappa shape index (κ1) is 13.6. The van der Waals surface area contributed by atoms with Crippen molar-refractivity contribution in [2.24, 2.45) is 0 Å². The average molecular weight is 307 g/mol. The topological polar surface area (TPSA) is 34.9 Å². The molecule has 0 unspecified atom stereocenters. The number of imidazole rings is 1. The normalized spacial score (nSPS) is 11.5. The van der Waals surface area contributed by atoms with E-state index in [1.165, 1.54) is 11.3 Å². The molecule has 2 aromatic heterocycles. The molecule has 0 bridgehead atoms. The van der Waals surface area contributed by atoms with Crippen molar-refractivity contribution < 1.29 is 0 Å². The van der Waals surface area contributed by atoms with E-state index in [0.717, 1.165) is 40.8 Å². The van der Waals surface area contributed by atoms with Gasteiger partial charge in [0.1, 0.15) is 11.3 Å². The Bertz CT molecular complexity index is 822. The summed E-state index contributed by atoms with van der Waals surface area (Å²) in [5.41, 5.74) is 1.49. The van der Waals surface area contributed by atoms with Crippen molar-refractivity contribution in [1.29, 1.82) is 0 Å². The van der Waals surface area contributed by atoms with E-state index in [-0.39, 0.29) is 4.74 Å². The van der Waals surface area contributed by atoms with Crippen LogP contribution < -0.4 is 4.74 Å². The lowest BCUT2D eigenvalue weighted by Crippen LogP contribution is -2.03. The lowest BCUT2D eigenvalue weighted by molar-refractivity contribution is 0.629. The van der Waals surface area contributed by atoms with Crippen molar-refractivity contribution in [3.8, 4) is 0 Å². The van der Waals surface area contributed by atoms with E-state index in [4.69, 9.17) is 11.6 Å². The van der Waals surface area contributed by atoms with E-state index in [9.17, 15) is 4.79 Å². The molecule has 0 atom stereocenters. The van der Waals surface area contributed by atoms with Crippen LogP contribution in [0.2, 0.25) is 0 Å². The molecular formula is C15H15ClN2OS. The number of aryl methyl sites for hydroxylation is 1. The van der Waals surface area contributed by atoms with E-state index >= 15 is 0 Å². The van der Waals surface area contributed by atoms with Crippen molar-refractivity contribution >= 4 is 44.1 Å². The minimum atomic E-state index is 0.0142. The van der Waals surface area contributed by atoms with E-state index in [1.54, 1.807) is 0 Å². The molecule has 0 fully saturated rings. The van der Waals surface area contributed by atoms with Gasteiger partial charge >= 0.3 is 0 Å². The fourth-order valence-corrected chi connectivity index (χ4v) is 3.54. The summed E-state index contributed by atoms with van der Waals surface area (Å²) in [4.78, 5) is 16.7. The smallest absolute Gasteiger partial charge is 0.260 e. The minimum absolute atomic E-state index is 0.0142. The van der Waals surface area contributed by atoms with E-state index in [2.05, 4.69) is 22.5 Å². The van der Waals surface area contributed by atoms with Crippen molar-refractivity contribution in [3.63, 3.8) is 0 Å². The molecule has 0 aliphatic rings. The van der Waals surface area contributed by atoms with E-state index in [1.807, 2.05) is 18.2 Å². The summed E-state index contributed by atoms with van der Waals surface area (Å²) in [6, 6.07) is 7.99. The molecule has 3 rings (SSSR count). The predicted molar refractivity (Wildman–Crippen MR) is 85.9 cm³/mol. The molecule has 3 aromatic rings. The molecule has 0 N–H and O–H groups in total. The SMILES string of the molecule is CCCCn1c(CCl)nc2c(=O)sc3ccccc3c21. The summed E-state index contributed by atoms with van der Waals surface area (Å²) in [6.45, 7) is 3.01. The quantitative estimate of drug-likeness (QED) is 0.679. The Morgan fingerprint density at radius 3 is 2.90 bits per heavy atom. The van der Waals surface area contributed by atoms with Gasteiger partial charge in [-0.2, -0.15) is 0 Å². The highest BCUT2D eigenvalue weighted by Gasteiger charge is 2.15. The summed E-state index contributed by atoms with van der Waals surface area (Å²) in [5.74, 6) is 1.12. The molecule has 0 saturated carbocycles. The van der Waals surface area contributed by atoms with Gasteiger partial charge in [0.15, 0.2) is 0 Å². The first-order chi connectivity index (χ1) is 9.76. The Labute approximate surface area is 125 Å². The maximum atomic E-state index is 12.2. The van der Waals surface area contributed by atoms with Crippen LogP contribution in [0.25, 0.3) is 21.1 Å². The summed E-state index contributed by atoms with van der Waals surface area (Å²) >= 11 is 7.26. The molecule has 5 heteroatoms. The lowest BCUT2D eigenvalue weighted by atomic mass is 10.2. The van der Waals surface area contributed by atoms with Gasteiger partial charge in [0.05, 0.1) is 11.4 Å². The zero-order valence-electron chi connectivity index (χ0n) is 11.2. The Hall–Kier alpha value is -1.39. The van der Waals surface area contributed by atoms with Crippen LogP contribution >= 0.6 is 22.9 Å². The molecule has 0 aliphatic carbocycles. The van der Waals surface area contributed by atoms with Crippen molar-refractivity contribution in [3.05, 3.63) is 39.6 Å². The fourth-order valence-electron chi connectivity index (χ4n) is 2.47. The predicted octanol–water partition coefficient (Wildman–Crippen LogP) is 4.15. The molecule has 1 aromatic carbocycles. The molecular weight excluding hydrogens is 292 g/mol. The third-order valence-corrected chi connectivity index (χ3v) is 4.63. The fraction of sp³-hybridized carbons (Fsp3) is 0.333. The molecule has 104 valence electrons. The number of nitrogens with zero attached hydrogens (tertiary/aromatic N) is 2. The summed E-state index contributed by atoms with van der Waals surface area (Å²) in [7, 11) is 0. The second-order valence-corrected chi connectivity index (χ2v) is 6.03. The monoisotopic (exact) mass is 306 g/mol. The zero-order chi connectivity index (χ0) is 14.1. The first-order valence-corrected chi connectivity index (χ1v) is 8.08. The third kappa shape index (κ3) is 2.13. The first-order valence-electron chi connectivity index (χ1n) is 6.73. The molecule has 0 radical (unpaired) electrons. The summed E-state index contributed by atoms with van der Waals surface area (Å²) < 4.78 is 3.13. The number of hydrogen-bond acceptors (Lipinski definition) is 3. The number of halogens is 1.